The van der Waals surface area contributed by atoms with Crippen LogP contribution in [0.5, 0.6) is 0 Å². The van der Waals surface area contributed by atoms with Crippen LogP contribution in [0.4, 0.5) is 5.69 Å². The highest BCUT2D eigenvalue weighted by molar-refractivity contribution is 7.99. The van der Waals surface area contributed by atoms with E-state index in [1.54, 1.807) is 35.7 Å². The van der Waals surface area contributed by atoms with Gasteiger partial charge in [0.2, 0.25) is 5.91 Å². The molecule has 2 aromatic heterocycles. The molecule has 114 valence electrons. The van der Waals surface area contributed by atoms with Gasteiger partial charge in [-0.15, -0.1) is 11.3 Å². The van der Waals surface area contributed by atoms with Gasteiger partial charge >= 0.3 is 0 Å². The molecular formula is C15H10N4O2S2. The molecule has 2 N–H and O–H groups in total. The number of hydrogen-bond acceptors (Lipinski definition) is 6. The highest BCUT2D eigenvalue weighted by atomic mass is 32.2. The zero-order chi connectivity index (χ0) is 16.2. The van der Waals surface area contributed by atoms with Crippen LogP contribution in [0.15, 0.2) is 45.7 Å². The van der Waals surface area contributed by atoms with E-state index in [1.165, 1.54) is 11.3 Å². The Morgan fingerprint density at radius 1 is 1.43 bits per heavy atom. The summed E-state index contributed by atoms with van der Waals surface area (Å²) in [5.74, 6) is -0.129. The van der Waals surface area contributed by atoms with Crippen molar-refractivity contribution >= 4 is 44.9 Å². The van der Waals surface area contributed by atoms with Crippen molar-refractivity contribution < 1.29 is 4.79 Å². The summed E-state index contributed by atoms with van der Waals surface area (Å²) in [4.78, 5) is 31.4. The molecule has 0 aliphatic carbocycles. The van der Waals surface area contributed by atoms with E-state index in [-0.39, 0.29) is 17.2 Å². The van der Waals surface area contributed by atoms with Gasteiger partial charge in [0.1, 0.15) is 4.83 Å². The van der Waals surface area contributed by atoms with E-state index in [0.717, 1.165) is 11.8 Å². The van der Waals surface area contributed by atoms with E-state index in [4.69, 9.17) is 5.26 Å². The van der Waals surface area contributed by atoms with Crippen LogP contribution >= 0.6 is 23.1 Å². The molecule has 2 heterocycles. The number of anilines is 1. The number of aromatic nitrogens is 2. The Bertz CT molecular complexity index is 971. The molecule has 3 rings (SSSR count). The Hall–Kier alpha value is -2.63. The maximum absolute atomic E-state index is 12.0. The summed E-state index contributed by atoms with van der Waals surface area (Å²) in [6, 6.07) is 10.4. The second-order valence-corrected chi connectivity index (χ2v) is 6.40. The summed E-state index contributed by atoms with van der Waals surface area (Å²) in [5.41, 5.74) is 0.829. The number of rotatable bonds is 4. The number of thioether (sulfide) groups is 1. The largest absolute Gasteiger partial charge is 0.325 e. The van der Waals surface area contributed by atoms with Gasteiger partial charge in [-0.05, 0) is 29.6 Å². The SMILES string of the molecule is N#Cc1cccc(NC(=O)CSc2nc3sccc3c(=O)[nH]2)c1. The highest BCUT2D eigenvalue weighted by Gasteiger charge is 2.08. The third-order valence-electron chi connectivity index (χ3n) is 2.93. The van der Waals surface area contributed by atoms with Crippen LogP contribution in [0, 0.1) is 11.3 Å². The molecule has 1 aromatic carbocycles. The molecular weight excluding hydrogens is 332 g/mol. The minimum Gasteiger partial charge on any atom is -0.325 e. The molecule has 0 aliphatic rings. The van der Waals surface area contributed by atoms with Gasteiger partial charge in [-0.2, -0.15) is 5.26 Å². The van der Waals surface area contributed by atoms with Crippen molar-refractivity contribution in [2.24, 2.45) is 0 Å². The molecule has 0 atom stereocenters. The standard InChI is InChI=1S/C15H10N4O2S2/c16-7-9-2-1-3-10(6-9)17-12(20)8-23-15-18-13(21)11-4-5-22-14(11)19-15/h1-6H,8H2,(H,17,20)(H,18,19,21). The lowest BCUT2D eigenvalue weighted by Crippen LogP contribution is -2.15. The van der Waals surface area contributed by atoms with E-state index in [1.807, 2.05) is 6.07 Å². The lowest BCUT2D eigenvalue weighted by molar-refractivity contribution is -0.113. The molecule has 0 bridgehead atoms. The van der Waals surface area contributed by atoms with Crippen molar-refractivity contribution in [3.63, 3.8) is 0 Å². The molecule has 0 aliphatic heterocycles. The molecule has 6 nitrogen and oxygen atoms in total. The Labute approximate surface area is 139 Å². The number of aromatic amines is 1. The van der Waals surface area contributed by atoms with Gasteiger partial charge in [0.25, 0.3) is 5.56 Å². The molecule has 0 spiro atoms. The van der Waals surface area contributed by atoms with Gasteiger partial charge in [0.15, 0.2) is 5.16 Å². The van der Waals surface area contributed by atoms with Crippen LogP contribution < -0.4 is 10.9 Å². The number of hydrogen-bond donors (Lipinski definition) is 2. The summed E-state index contributed by atoms with van der Waals surface area (Å²) in [5, 5.41) is 14.3. The maximum Gasteiger partial charge on any atom is 0.260 e. The molecule has 0 fully saturated rings. The van der Waals surface area contributed by atoms with Crippen LogP contribution in [-0.2, 0) is 4.79 Å². The van der Waals surface area contributed by atoms with Gasteiger partial charge in [-0.3, -0.25) is 9.59 Å². The molecule has 0 saturated carbocycles. The average Bonchev–Trinajstić information content (AvgIpc) is 3.02. The van der Waals surface area contributed by atoms with Crippen LogP contribution in [0.3, 0.4) is 0 Å². The van der Waals surface area contributed by atoms with Crippen molar-refractivity contribution in [2.45, 2.75) is 5.16 Å². The summed E-state index contributed by atoms with van der Waals surface area (Å²) < 4.78 is 0. The van der Waals surface area contributed by atoms with Gasteiger partial charge in [0.05, 0.1) is 22.8 Å². The van der Waals surface area contributed by atoms with E-state index >= 15 is 0 Å². The molecule has 0 radical (unpaired) electrons. The predicted octanol–water partition coefficient (Wildman–Crippen LogP) is 2.59. The van der Waals surface area contributed by atoms with Gasteiger partial charge in [-0.25, -0.2) is 4.98 Å². The Kier molecular flexibility index (Phi) is 4.41. The molecule has 1 amide bonds. The lowest BCUT2D eigenvalue weighted by Gasteiger charge is -2.05. The van der Waals surface area contributed by atoms with Gasteiger partial charge in [0, 0.05) is 5.69 Å². The van der Waals surface area contributed by atoms with Gasteiger partial charge in [-0.1, -0.05) is 17.8 Å². The van der Waals surface area contributed by atoms with Crippen molar-refractivity contribution in [1.82, 2.24) is 9.97 Å². The van der Waals surface area contributed by atoms with Crippen molar-refractivity contribution in [3.8, 4) is 6.07 Å². The van der Waals surface area contributed by atoms with Crippen molar-refractivity contribution in [2.75, 3.05) is 11.1 Å². The number of thiophene rings is 1. The first-order chi connectivity index (χ1) is 11.2. The van der Waals surface area contributed by atoms with E-state index in [2.05, 4.69) is 15.3 Å². The lowest BCUT2D eigenvalue weighted by atomic mass is 10.2. The fourth-order valence-corrected chi connectivity index (χ4v) is 3.39. The monoisotopic (exact) mass is 342 g/mol. The fraction of sp³-hybridized carbons (Fsp3) is 0.0667. The summed E-state index contributed by atoms with van der Waals surface area (Å²) in [6.07, 6.45) is 0. The number of nitrogens with one attached hydrogen (secondary N) is 2. The number of amides is 1. The van der Waals surface area contributed by atoms with Crippen molar-refractivity contribution in [1.29, 1.82) is 5.26 Å². The smallest absolute Gasteiger partial charge is 0.260 e. The number of fused-ring (bicyclic) bond motifs is 1. The summed E-state index contributed by atoms with van der Waals surface area (Å²) in [7, 11) is 0. The molecule has 23 heavy (non-hydrogen) atoms. The third kappa shape index (κ3) is 3.59. The topological polar surface area (TPSA) is 98.6 Å². The minimum atomic E-state index is -0.237. The molecule has 0 saturated heterocycles. The first-order valence-corrected chi connectivity index (χ1v) is 8.42. The van der Waals surface area contributed by atoms with Crippen LogP contribution in [0.25, 0.3) is 10.2 Å². The third-order valence-corrected chi connectivity index (χ3v) is 4.61. The number of carbonyl (C=O) groups is 1. The Balaban J connectivity index is 1.66. The van der Waals surface area contributed by atoms with E-state index in [0.29, 0.717) is 26.6 Å². The first kappa shape index (κ1) is 15.3. The Morgan fingerprint density at radius 2 is 2.30 bits per heavy atom. The van der Waals surface area contributed by atoms with Gasteiger partial charge < -0.3 is 10.3 Å². The average molecular weight is 342 g/mol. The number of H-pyrrole nitrogens is 1. The molecule has 8 heteroatoms. The van der Waals surface area contributed by atoms with Crippen LogP contribution in [0.1, 0.15) is 5.56 Å². The minimum absolute atomic E-state index is 0.108. The van der Waals surface area contributed by atoms with Crippen molar-refractivity contribution in [3.05, 3.63) is 51.6 Å². The van der Waals surface area contributed by atoms with E-state index < -0.39 is 0 Å². The zero-order valence-electron chi connectivity index (χ0n) is 11.7. The summed E-state index contributed by atoms with van der Waals surface area (Å²) in [6.45, 7) is 0. The number of benzene rings is 1. The van der Waals surface area contributed by atoms with Crippen LogP contribution in [0.2, 0.25) is 0 Å². The van der Waals surface area contributed by atoms with E-state index in [9.17, 15) is 9.59 Å². The number of nitrogens with zero attached hydrogens (tertiary/aromatic N) is 2. The predicted molar refractivity (Wildman–Crippen MR) is 90.8 cm³/mol. The normalized spacial score (nSPS) is 10.4. The zero-order valence-corrected chi connectivity index (χ0v) is 13.3. The summed E-state index contributed by atoms with van der Waals surface area (Å²) >= 11 is 2.53. The quantitative estimate of drug-likeness (QED) is 0.561. The Morgan fingerprint density at radius 3 is 3.13 bits per heavy atom. The maximum atomic E-state index is 12.0. The fourth-order valence-electron chi connectivity index (χ4n) is 1.91. The number of carbonyl (C=O) groups excluding carboxylic acids is 1. The second kappa shape index (κ2) is 6.64. The molecule has 0 unspecified atom stereocenters. The molecule has 3 aromatic rings. The second-order valence-electron chi connectivity index (χ2n) is 4.54. The number of nitriles is 1. The van der Waals surface area contributed by atoms with Crippen LogP contribution in [-0.4, -0.2) is 21.6 Å². The highest BCUT2D eigenvalue weighted by Crippen LogP contribution is 2.19. The first-order valence-electron chi connectivity index (χ1n) is 6.56.